The minimum absolute atomic E-state index is 0.00306. The number of benzene rings is 1. The summed E-state index contributed by atoms with van der Waals surface area (Å²) in [5.74, 6) is -0.259. The van der Waals surface area contributed by atoms with Gasteiger partial charge in [0.2, 0.25) is 5.69 Å². The molecule has 0 aliphatic carbocycles. The SMILES string of the molecule is CC(C)(C)C1CN(C(=O)O)CC[N+]1(C(=O)O)c1cnc(-c2nn(Cc3ccccc3F)c3ncccc23)nc1N. The number of piperazine rings is 1. The van der Waals surface area contributed by atoms with Gasteiger partial charge in [0.25, 0.3) is 0 Å². The number of fused-ring (bicyclic) bond motifs is 1. The maximum Gasteiger partial charge on any atom is 0.519 e. The van der Waals surface area contributed by atoms with Crippen molar-refractivity contribution in [2.24, 2.45) is 5.41 Å². The van der Waals surface area contributed by atoms with Crippen molar-refractivity contribution < 1.29 is 24.2 Å². The highest BCUT2D eigenvalue weighted by atomic mass is 19.1. The maximum absolute atomic E-state index is 14.4. The minimum atomic E-state index is -1.17. The van der Waals surface area contributed by atoms with Crippen LogP contribution in [-0.4, -0.2) is 77.7 Å². The van der Waals surface area contributed by atoms with E-state index >= 15 is 0 Å². The lowest BCUT2D eigenvalue weighted by molar-refractivity contribution is 0.0274. The van der Waals surface area contributed by atoms with Gasteiger partial charge in [-0.05, 0) is 18.2 Å². The van der Waals surface area contributed by atoms with Gasteiger partial charge in [-0.3, -0.25) is 4.90 Å². The van der Waals surface area contributed by atoms with Crippen molar-refractivity contribution in [1.29, 1.82) is 0 Å². The summed E-state index contributed by atoms with van der Waals surface area (Å²) < 4.78 is 15.3. The van der Waals surface area contributed by atoms with Crippen molar-refractivity contribution in [2.75, 3.05) is 25.4 Å². The first kappa shape index (κ1) is 26.9. The third kappa shape index (κ3) is 4.47. The predicted molar refractivity (Wildman–Crippen MR) is 146 cm³/mol. The molecule has 0 saturated carbocycles. The van der Waals surface area contributed by atoms with Crippen LogP contribution in [0.4, 0.5) is 25.5 Å². The number of hydrogen-bond acceptors (Lipinski definition) is 7. The summed E-state index contributed by atoms with van der Waals surface area (Å²) in [6, 6.07) is 9.25. The highest BCUT2D eigenvalue weighted by Gasteiger charge is 2.57. The van der Waals surface area contributed by atoms with Crippen LogP contribution < -0.4 is 10.2 Å². The van der Waals surface area contributed by atoms with Gasteiger partial charge >= 0.3 is 12.2 Å². The molecule has 0 bridgehead atoms. The van der Waals surface area contributed by atoms with E-state index in [1.54, 1.807) is 41.2 Å². The quantitative estimate of drug-likeness (QED) is 0.319. The topological polar surface area (TPSA) is 160 Å². The van der Waals surface area contributed by atoms with Crippen LogP contribution >= 0.6 is 0 Å². The van der Waals surface area contributed by atoms with Crippen molar-refractivity contribution in [3.8, 4) is 11.5 Å². The molecule has 3 aromatic heterocycles. The van der Waals surface area contributed by atoms with Crippen molar-refractivity contribution in [3.05, 3.63) is 60.2 Å². The molecule has 40 heavy (non-hydrogen) atoms. The maximum atomic E-state index is 14.4. The van der Waals surface area contributed by atoms with Gasteiger partial charge in [-0.15, -0.1) is 0 Å². The van der Waals surface area contributed by atoms with E-state index in [0.717, 1.165) is 0 Å². The molecule has 5 rings (SSSR count). The summed E-state index contributed by atoms with van der Waals surface area (Å²) in [6.07, 6.45) is 0.716. The monoisotopic (exact) mass is 549 g/mol. The predicted octanol–water partition coefficient (Wildman–Crippen LogP) is 4.05. The number of aromatic nitrogens is 5. The third-order valence-electron chi connectivity index (χ3n) is 7.48. The van der Waals surface area contributed by atoms with Gasteiger partial charge in [0.05, 0.1) is 31.2 Å². The number of anilines is 1. The number of rotatable bonds is 4. The van der Waals surface area contributed by atoms with Crippen LogP contribution in [0, 0.1) is 11.2 Å². The lowest BCUT2D eigenvalue weighted by Crippen LogP contribution is -2.73. The van der Waals surface area contributed by atoms with E-state index in [2.05, 4.69) is 20.1 Å². The van der Waals surface area contributed by atoms with Gasteiger partial charge in [0.15, 0.2) is 17.3 Å². The summed E-state index contributed by atoms with van der Waals surface area (Å²) in [4.78, 5) is 39.3. The number of halogens is 1. The van der Waals surface area contributed by atoms with Gasteiger partial charge in [0, 0.05) is 17.2 Å². The highest BCUT2D eigenvalue weighted by Crippen LogP contribution is 2.41. The number of amides is 2. The molecule has 2 atom stereocenters. The Morgan fingerprint density at radius 1 is 1.15 bits per heavy atom. The number of carbonyl (C=O) groups is 2. The number of quaternary nitrogens is 1. The van der Waals surface area contributed by atoms with E-state index in [4.69, 9.17) is 5.73 Å². The van der Waals surface area contributed by atoms with Crippen LogP contribution in [0.15, 0.2) is 48.8 Å². The summed E-state index contributed by atoms with van der Waals surface area (Å²) in [5, 5.41) is 25.4. The van der Waals surface area contributed by atoms with Crippen LogP contribution in [0.2, 0.25) is 0 Å². The Morgan fingerprint density at radius 2 is 1.90 bits per heavy atom. The first-order chi connectivity index (χ1) is 18.9. The Morgan fingerprint density at radius 3 is 2.55 bits per heavy atom. The fraction of sp³-hybridized carbons (Fsp3) is 0.333. The molecule has 1 fully saturated rings. The zero-order valence-electron chi connectivity index (χ0n) is 22.3. The fourth-order valence-corrected chi connectivity index (χ4v) is 5.49. The normalized spacial score (nSPS) is 19.6. The summed E-state index contributed by atoms with van der Waals surface area (Å²) in [6.45, 7) is 5.69. The second-order valence-electron chi connectivity index (χ2n) is 10.9. The Balaban J connectivity index is 1.60. The van der Waals surface area contributed by atoms with E-state index < -0.39 is 28.1 Å². The first-order valence-corrected chi connectivity index (χ1v) is 12.7. The Labute approximate surface area is 229 Å². The number of nitrogen functional groups attached to an aromatic ring is 1. The number of hydrogen-bond donors (Lipinski definition) is 3. The number of pyridine rings is 1. The van der Waals surface area contributed by atoms with Crippen molar-refractivity contribution in [1.82, 2.24) is 34.1 Å². The summed E-state index contributed by atoms with van der Waals surface area (Å²) in [7, 11) is 0. The van der Waals surface area contributed by atoms with E-state index in [1.807, 2.05) is 20.8 Å². The Hall–Kier alpha value is -4.65. The second-order valence-corrected chi connectivity index (χ2v) is 10.9. The molecule has 13 heteroatoms. The molecule has 4 N–H and O–H groups in total. The van der Waals surface area contributed by atoms with Gasteiger partial charge in [0.1, 0.15) is 24.1 Å². The van der Waals surface area contributed by atoms with Crippen LogP contribution in [0.1, 0.15) is 26.3 Å². The van der Waals surface area contributed by atoms with Gasteiger partial charge in [-0.25, -0.2) is 28.8 Å². The van der Waals surface area contributed by atoms with Crippen LogP contribution in [-0.2, 0) is 6.54 Å². The smallest absolute Gasteiger partial charge is 0.465 e. The van der Waals surface area contributed by atoms with Gasteiger partial charge in [-0.1, -0.05) is 39.0 Å². The number of carboxylic acid groups (broad SMARTS) is 2. The molecule has 4 heterocycles. The van der Waals surface area contributed by atoms with E-state index in [-0.39, 0.29) is 49.3 Å². The molecule has 1 aromatic carbocycles. The minimum Gasteiger partial charge on any atom is -0.465 e. The number of nitrogens with two attached hydrogens (primary N) is 1. The lowest BCUT2D eigenvalue weighted by Gasteiger charge is -2.49. The molecule has 1 aliphatic heterocycles. The Bertz CT molecular complexity index is 1620. The molecular formula is C27H30FN8O4+. The van der Waals surface area contributed by atoms with Crippen LogP contribution in [0.3, 0.4) is 0 Å². The molecule has 2 amide bonds. The van der Waals surface area contributed by atoms with Crippen LogP contribution in [0.25, 0.3) is 22.6 Å². The van der Waals surface area contributed by atoms with Crippen molar-refractivity contribution >= 4 is 34.7 Å². The zero-order chi connectivity index (χ0) is 28.8. The van der Waals surface area contributed by atoms with E-state index in [1.165, 1.54) is 17.2 Å². The summed E-state index contributed by atoms with van der Waals surface area (Å²) in [5.41, 5.74) is 7.31. The highest BCUT2D eigenvalue weighted by molar-refractivity contribution is 5.90. The Kier molecular flexibility index (Phi) is 6.62. The lowest BCUT2D eigenvalue weighted by atomic mass is 9.82. The zero-order valence-corrected chi connectivity index (χ0v) is 22.3. The number of nitrogens with zero attached hydrogens (tertiary/aromatic N) is 7. The summed E-state index contributed by atoms with van der Waals surface area (Å²) >= 11 is 0. The fourth-order valence-electron chi connectivity index (χ4n) is 5.49. The first-order valence-electron chi connectivity index (χ1n) is 12.7. The van der Waals surface area contributed by atoms with Crippen molar-refractivity contribution in [3.63, 3.8) is 0 Å². The van der Waals surface area contributed by atoms with E-state index in [0.29, 0.717) is 22.3 Å². The molecule has 2 unspecified atom stereocenters. The van der Waals surface area contributed by atoms with Gasteiger partial charge in [-0.2, -0.15) is 14.4 Å². The molecule has 4 aromatic rings. The largest absolute Gasteiger partial charge is 0.519 e. The molecule has 12 nitrogen and oxygen atoms in total. The molecule has 1 aliphatic rings. The molecule has 1 saturated heterocycles. The molecule has 0 spiro atoms. The molecule has 208 valence electrons. The molecular weight excluding hydrogens is 519 g/mol. The standard InChI is InChI=1S/C27H29FN8O4/c1-27(2,3)20-15-34(25(37)38)11-12-36(20,26(39)40)19-13-31-23(32-22(19)29)21-17-8-6-10-30-24(17)35(33-21)14-16-7-4-5-9-18(16)28/h4-10,13,20H,11-12,14-15H2,1-3H3,(H3-,29,31,32,37,38,39,40)/p+1. The average Bonchev–Trinajstić information content (AvgIpc) is 3.27. The average molecular weight is 550 g/mol. The van der Waals surface area contributed by atoms with Crippen molar-refractivity contribution in [2.45, 2.75) is 33.4 Å². The third-order valence-corrected chi connectivity index (χ3v) is 7.48. The second kappa shape index (κ2) is 9.83. The van der Waals surface area contributed by atoms with Crippen LogP contribution in [0.5, 0.6) is 0 Å². The van der Waals surface area contributed by atoms with E-state index in [9.17, 15) is 24.2 Å². The van der Waals surface area contributed by atoms with Gasteiger partial charge < -0.3 is 15.9 Å². The molecule has 0 radical (unpaired) electrons.